The minimum Gasteiger partial charge on any atom is -0.457 e. The Bertz CT molecular complexity index is 4970. The highest BCUT2D eigenvalue weighted by molar-refractivity contribution is 6.09. The first-order chi connectivity index (χ1) is 45.1. The van der Waals surface area contributed by atoms with Gasteiger partial charge in [-0.25, -0.2) is 4.98 Å². The molecule has 0 fully saturated rings. The van der Waals surface area contributed by atoms with Gasteiger partial charge in [-0.3, -0.25) is 4.57 Å². The van der Waals surface area contributed by atoms with Gasteiger partial charge in [-0.1, -0.05) is 215 Å². The number of aromatic nitrogens is 2. The molecule has 3 heterocycles. The smallest absolute Gasteiger partial charge is 0.137 e. The molecule has 5 heteroatoms. The van der Waals surface area contributed by atoms with E-state index in [2.05, 4.69) is 61.8 Å². The zero-order valence-electron chi connectivity index (χ0n) is 61.9. The average molecular weight is 1100 g/mol. The molecule has 2 aromatic heterocycles. The van der Waals surface area contributed by atoms with Crippen LogP contribution in [0.25, 0.3) is 72.1 Å². The quantitative estimate of drug-likeness (QED) is 0.137. The highest BCUT2D eigenvalue weighted by Gasteiger charge is 2.38. The van der Waals surface area contributed by atoms with Gasteiger partial charge < -0.3 is 14.5 Å². The fraction of sp³-hybridized carbons (Fsp3) is 0.244. The van der Waals surface area contributed by atoms with Crippen molar-refractivity contribution in [1.82, 2.24) is 9.55 Å². The number of fused-ring (bicyclic) bond motifs is 5. The minimum atomic E-state index is -2.59. The first kappa shape index (κ1) is 40.5. The van der Waals surface area contributed by atoms with Crippen LogP contribution in [-0.2, 0) is 22.6 Å². The molecule has 0 unspecified atom stereocenters. The number of rotatable bonds is 10. The molecule has 0 saturated carbocycles. The van der Waals surface area contributed by atoms with Crippen molar-refractivity contribution < 1.29 is 22.6 Å². The minimum absolute atomic E-state index is 0.0184. The highest BCUT2D eigenvalue weighted by Crippen LogP contribution is 2.53. The maximum absolute atomic E-state index is 10.1. The molecule has 0 N–H and O–H groups in total. The van der Waals surface area contributed by atoms with Gasteiger partial charge in [0.15, 0.2) is 0 Å². The predicted octanol–water partition coefficient (Wildman–Crippen LogP) is 21.4. The molecule has 13 rings (SSSR count). The molecule has 83 heavy (non-hydrogen) atoms. The molecule has 2 aliphatic rings. The summed E-state index contributed by atoms with van der Waals surface area (Å²) in [6.45, 7) is 18.5. The Morgan fingerprint density at radius 2 is 1.24 bits per heavy atom. The fourth-order valence-corrected chi connectivity index (χ4v) is 12.2. The lowest BCUT2D eigenvalue weighted by Crippen LogP contribution is -2.33. The normalized spacial score (nSPS) is 17.3. The summed E-state index contributed by atoms with van der Waals surface area (Å²) in [6, 6.07) is 47.1. The number of benzene rings is 9. The van der Waals surface area contributed by atoms with Gasteiger partial charge in [-0.15, -0.1) is 0 Å². The molecule has 0 saturated heterocycles. The van der Waals surface area contributed by atoms with Gasteiger partial charge >= 0.3 is 0 Å². The summed E-state index contributed by atoms with van der Waals surface area (Å²) in [7, 11) is 0. The van der Waals surface area contributed by atoms with Crippen molar-refractivity contribution in [2.45, 2.75) is 112 Å². The third-order valence-electron chi connectivity index (χ3n) is 16.7. The molecule has 5 nitrogen and oxygen atoms in total. The number of hydrogen-bond acceptors (Lipinski definition) is 4. The van der Waals surface area contributed by atoms with Crippen LogP contribution in [0.15, 0.2) is 212 Å². The van der Waals surface area contributed by atoms with Crippen molar-refractivity contribution in [3.8, 4) is 61.8 Å². The first-order valence-corrected chi connectivity index (χ1v) is 28.7. The molecule has 0 amide bonds. The van der Waals surface area contributed by atoms with E-state index < -0.39 is 36.1 Å². The largest absolute Gasteiger partial charge is 0.457 e. The second kappa shape index (κ2) is 20.3. The Kier molecular flexibility index (Phi) is 9.93. The molecule has 1 aliphatic heterocycles. The van der Waals surface area contributed by atoms with Crippen LogP contribution < -0.4 is 14.5 Å². The van der Waals surface area contributed by atoms with Gasteiger partial charge in [0.2, 0.25) is 0 Å². The SMILES string of the molecule is [2H]c1c([2H])c(-c2cccc(-c3ccc4c(c3)C(C)(C)CCC4(C)C)c2N2CN(c3cccc(Oc4ccc5c6c([2H])c([2H])c([2H])c([2H])c6n(-c6cc(C([2H])([2H])[2H])c(-c7ccccc7)cn6)c5c4)c3)c3ccccc32)c([2H])c([2H])c1-c1cc(C(C)(C)C)cc(C([2H])([2H])C(C)(C)C)c1. The van der Waals surface area contributed by atoms with Crippen LogP contribution in [0.5, 0.6) is 11.5 Å². The van der Waals surface area contributed by atoms with Crippen molar-refractivity contribution in [2.75, 3.05) is 16.5 Å². The summed E-state index contributed by atoms with van der Waals surface area (Å²) in [5, 5.41) is 0.717. The van der Waals surface area contributed by atoms with Gasteiger partial charge in [0, 0.05) is 58.3 Å². The van der Waals surface area contributed by atoms with Crippen molar-refractivity contribution in [3.63, 3.8) is 0 Å². The Balaban J connectivity index is 0.947. The van der Waals surface area contributed by atoms with Gasteiger partial charge in [0.25, 0.3) is 0 Å². The van der Waals surface area contributed by atoms with E-state index in [0.29, 0.717) is 55.9 Å². The number of nitrogens with zero attached hydrogens (tertiary/aromatic N) is 4. The van der Waals surface area contributed by atoms with E-state index >= 15 is 0 Å². The third-order valence-corrected chi connectivity index (χ3v) is 16.7. The summed E-state index contributed by atoms with van der Waals surface area (Å²) in [6.07, 6.45) is 1.71. The summed E-state index contributed by atoms with van der Waals surface area (Å²) in [5.74, 6) is 0.943. The van der Waals surface area contributed by atoms with E-state index in [0.717, 1.165) is 46.6 Å². The number of ether oxygens (including phenoxy) is 1. The summed E-state index contributed by atoms with van der Waals surface area (Å²) in [5.41, 5.74) is 9.86. The Hall–Kier alpha value is -8.67. The van der Waals surface area contributed by atoms with E-state index in [1.807, 2.05) is 145 Å². The number of hydrogen-bond donors (Lipinski definition) is 0. The van der Waals surface area contributed by atoms with Gasteiger partial charge in [0.1, 0.15) is 24.0 Å². The second-order valence-electron chi connectivity index (χ2n) is 25.7. The molecule has 414 valence electrons. The maximum Gasteiger partial charge on any atom is 0.137 e. The van der Waals surface area contributed by atoms with Crippen molar-refractivity contribution >= 4 is 44.6 Å². The maximum atomic E-state index is 10.1. The lowest BCUT2D eigenvalue weighted by molar-refractivity contribution is 0.332. The third kappa shape index (κ3) is 10.1. The van der Waals surface area contributed by atoms with E-state index in [1.54, 1.807) is 28.8 Å². The van der Waals surface area contributed by atoms with E-state index in [-0.39, 0.29) is 87.2 Å². The van der Waals surface area contributed by atoms with E-state index in [4.69, 9.17) is 17.9 Å². The molecule has 9 aromatic carbocycles. The number of pyridine rings is 1. The number of anilines is 4. The fourth-order valence-electron chi connectivity index (χ4n) is 12.2. The highest BCUT2D eigenvalue weighted by atomic mass is 16.5. The van der Waals surface area contributed by atoms with E-state index in [9.17, 15) is 9.60 Å². The van der Waals surface area contributed by atoms with Crippen molar-refractivity contribution in [3.05, 3.63) is 240 Å². The molecular formula is C78H76N4O. The molecule has 11 aromatic rings. The second-order valence-corrected chi connectivity index (χ2v) is 25.7. The van der Waals surface area contributed by atoms with Crippen molar-refractivity contribution in [2.24, 2.45) is 5.41 Å². The van der Waals surface area contributed by atoms with Gasteiger partial charge in [-0.05, 0) is 152 Å². The Morgan fingerprint density at radius 1 is 0.554 bits per heavy atom. The lowest BCUT2D eigenvalue weighted by Gasteiger charge is -2.42. The Morgan fingerprint density at radius 3 is 1.99 bits per heavy atom. The molecule has 0 atom stereocenters. The van der Waals surface area contributed by atoms with Crippen LogP contribution >= 0.6 is 0 Å². The number of para-hydroxylation sites is 4. The van der Waals surface area contributed by atoms with Crippen LogP contribution in [0.3, 0.4) is 0 Å². The molecule has 0 radical (unpaired) electrons. The molecule has 0 bridgehead atoms. The zero-order chi connectivity index (χ0) is 68.8. The molecular weight excluding hydrogens is 1010 g/mol. The molecule has 0 spiro atoms. The topological polar surface area (TPSA) is 33.5 Å². The summed E-state index contributed by atoms with van der Waals surface area (Å²) < 4.78 is 129. The predicted molar refractivity (Wildman–Crippen MR) is 351 cm³/mol. The average Bonchev–Trinajstić information content (AvgIpc) is 1.50. The Labute approximate surface area is 510 Å². The monoisotopic (exact) mass is 1100 g/mol. The van der Waals surface area contributed by atoms with Crippen LogP contribution in [0, 0.1) is 12.3 Å². The summed E-state index contributed by atoms with van der Waals surface area (Å²) in [4.78, 5) is 9.15. The van der Waals surface area contributed by atoms with Crippen LogP contribution in [0.2, 0.25) is 0 Å². The van der Waals surface area contributed by atoms with Gasteiger partial charge in [0.05, 0.1) is 39.1 Å². The summed E-state index contributed by atoms with van der Waals surface area (Å²) >= 11 is 0. The van der Waals surface area contributed by atoms with E-state index in [1.165, 1.54) is 23.4 Å². The van der Waals surface area contributed by atoms with Crippen LogP contribution in [0.4, 0.5) is 22.7 Å². The van der Waals surface area contributed by atoms with Crippen LogP contribution in [0.1, 0.15) is 128 Å². The standard InChI is InChI=1S/C78H76N4O/c1-51-41-73(79-49-66(51)54-21-13-12-14-22-54)82-69-28-16-15-25-64(69)65-37-36-61(47-72(65)82)83-60-24-19-23-59(46-60)80-50-81(71-30-18-17-29-70(71)80)74-62(26-20-27-63(74)56-35-38-67-68(45-56)78(10,11)40-39-77(67,8)9)55-33-31-53(32-34-55)57-42-52(48-75(2,3)4)43-58(44-57)76(5,6)7/h12-38,41-47,49H,39-40,48,50H2,1-11H3/i1D3,15D,16D,25D,28D,31D,32D,33D,34D,48D2. The zero-order valence-corrected chi connectivity index (χ0v) is 48.9. The van der Waals surface area contributed by atoms with Crippen LogP contribution in [-0.4, -0.2) is 16.2 Å². The number of aryl methyl sites for hydroxylation is 1. The first-order valence-electron chi connectivity index (χ1n) is 35.2. The molecule has 1 aliphatic carbocycles. The van der Waals surface area contributed by atoms with Crippen molar-refractivity contribution in [1.29, 1.82) is 0 Å². The lowest BCUT2D eigenvalue weighted by atomic mass is 9.63. The van der Waals surface area contributed by atoms with Gasteiger partial charge in [-0.2, -0.15) is 0 Å².